The Hall–Kier alpha value is -6.10. The van der Waals surface area contributed by atoms with Crippen molar-refractivity contribution in [3.05, 3.63) is 163 Å². The van der Waals surface area contributed by atoms with Gasteiger partial charge in [0.15, 0.2) is 5.82 Å². The number of aromatic nitrogens is 3. The zero-order valence-electron chi connectivity index (χ0n) is 28.2. The Bertz CT molecular complexity index is 3040. The lowest BCUT2D eigenvalue weighted by Gasteiger charge is -2.24. The van der Waals surface area contributed by atoms with E-state index in [9.17, 15) is 0 Å². The van der Waals surface area contributed by atoms with Gasteiger partial charge in [0.2, 0.25) is 0 Å². The van der Waals surface area contributed by atoms with E-state index in [1.807, 2.05) is 29.5 Å². The Morgan fingerprint density at radius 1 is 0.588 bits per heavy atom. The van der Waals surface area contributed by atoms with E-state index in [4.69, 9.17) is 9.97 Å². The highest BCUT2D eigenvalue weighted by Crippen LogP contribution is 2.58. The number of nitrogens with zero attached hydrogens (tertiary/aromatic N) is 3. The largest absolute Gasteiger partial charge is 0.309 e. The summed E-state index contributed by atoms with van der Waals surface area (Å²) >= 11 is 1.93. The molecule has 3 heterocycles. The number of para-hydroxylation sites is 1. The van der Waals surface area contributed by atoms with Gasteiger partial charge >= 0.3 is 0 Å². The number of benzene rings is 7. The molecule has 1 aliphatic rings. The van der Waals surface area contributed by atoms with E-state index in [0.29, 0.717) is 0 Å². The molecule has 0 saturated heterocycles. The molecule has 3 nitrogen and oxygen atoms in total. The number of hydrogen-bond acceptors (Lipinski definition) is 3. The summed E-state index contributed by atoms with van der Waals surface area (Å²) in [7, 11) is 0. The third kappa shape index (κ3) is 3.94. The van der Waals surface area contributed by atoms with Crippen LogP contribution in [0.5, 0.6) is 0 Å². The Kier molecular flexibility index (Phi) is 5.89. The van der Waals surface area contributed by atoms with E-state index >= 15 is 0 Å². The van der Waals surface area contributed by atoms with E-state index in [-0.39, 0.29) is 5.41 Å². The summed E-state index contributed by atoms with van der Waals surface area (Å²) in [6, 6.07) is 54.5. The van der Waals surface area contributed by atoms with Crippen LogP contribution in [0.2, 0.25) is 0 Å². The van der Waals surface area contributed by atoms with E-state index < -0.39 is 0 Å². The summed E-state index contributed by atoms with van der Waals surface area (Å²) in [5.41, 5.74) is 12.8. The first-order valence-corrected chi connectivity index (χ1v) is 18.3. The Labute approximate surface area is 299 Å². The fourth-order valence-corrected chi connectivity index (χ4v) is 10.0. The minimum Gasteiger partial charge on any atom is -0.309 e. The minimum absolute atomic E-state index is 0.208. The van der Waals surface area contributed by atoms with Crippen molar-refractivity contribution >= 4 is 64.2 Å². The summed E-state index contributed by atoms with van der Waals surface area (Å²) in [5.74, 6) is 0.732. The molecule has 51 heavy (non-hydrogen) atoms. The van der Waals surface area contributed by atoms with E-state index in [2.05, 4.69) is 152 Å². The molecule has 0 N–H and O–H groups in total. The van der Waals surface area contributed by atoms with Crippen LogP contribution in [0.1, 0.15) is 25.0 Å². The lowest BCUT2D eigenvalue weighted by molar-refractivity contribution is 0.664. The van der Waals surface area contributed by atoms with E-state index in [1.54, 1.807) is 0 Å². The molecular weight excluding hydrogens is 639 g/mol. The van der Waals surface area contributed by atoms with E-state index in [0.717, 1.165) is 39.2 Å². The maximum absolute atomic E-state index is 5.25. The smallest absolute Gasteiger partial charge is 0.160 e. The van der Waals surface area contributed by atoms with Gasteiger partial charge in [-0.1, -0.05) is 135 Å². The highest BCUT2D eigenvalue weighted by Gasteiger charge is 2.41. The van der Waals surface area contributed by atoms with Crippen molar-refractivity contribution in [3.63, 3.8) is 0 Å². The third-order valence-corrected chi connectivity index (χ3v) is 12.1. The average Bonchev–Trinajstić information content (AvgIpc) is 3.80. The summed E-state index contributed by atoms with van der Waals surface area (Å²) in [6.07, 6.45) is 0. The molecule has 0 amide bonds. The monoisotopic (exact) mass is 669 g/mol. The first kappa shape index (κ1) is 28.7. The highest BCUT2D eigenvalue weighted by atomic mass is 32.1. The van der Waals surface area contributed by atoms with Gasteiger partial charge in [-0.25, -0.2) is 9.97 Å². The van der Waals surface area contributed by atoms with Crippen LogP contribution in [0, 0.1) is 0 Å². The molecule has 3 aromatic heterocycles. The molecule has 0 unspecified atom stereocenters. The van der Waals surface area contributed by atoms with Gasteiger partial charge in [0.1, 0.15) is 0 Å². The average molecular weight is 670 g/mol. The summed E-state index contributed by atoms with van der Waals surface area (Å²) in [5, 5.41) is 6.31. The van der Waals surface area contributed by atoms with Crippen LogP contribution in [0.3, 0.4) is 0 Å². The van der Waals surface area contributed by atoms with Gasteiger partial charge in [0, 0.05) is 64.1 Å². The molecule has 1 aliphatic carbocycles. The van der Waals surface area contributed by atoms with Crippen molar-refractivity contribution < 1.29 is 0 Å². The highest BCUT2D eigenvalue weighted by molar-refractivity contribution is 7.26. The molecule has 0 fully saturated rings. The second kappa shape index (κ2) is 10.5. The van der Waals surface area contributed by atoms with Crippen LogP contribution < -0.4 is 0 Å². The van der Waals surface area contributed by atoms with Crippen LogP contribution >= 0.6 is 11.3 Å². The number of hydrogen-bond donors (Lipinski definition) is 0. The SMILES string of the molecule is CC1(C)c2ccccc2-c2c1c1c(c3ccccc3n1-c1ccc3nc(-c4ccccc4)nc(-c4ccccc4)c3c1)c1c2sc2ccccc21. The topological polar surface area (TPSA) is 30.7 Å². The van der Waals surface area contributed by atoms with Gasteiger partial charge in [0.25, 0.3) is 0 Å². The van der Waals surface area contributed by atoms with Crippen molar-refractivity contribution in [2.75, 3.05) is 0 Å². The molecule has 0 radical (unpaired) electrons. The lowest BCUT2D eigenvalue weighted by atomic mass is 9.81. The molecule has 0 spiro atoms. The molecule has 10 aromatic rings. The van der Waals surface area contributed by atoms with Crippen LogP contribution in [0.25, 0.3) is 92.3 Å². The Balaban J connectivity index is 1.31. The predicted molar refractivity (Wildman–Crippen MR) is 215 cm³/mol. The minimum atomic E-state index is -0.208. The maximum atomic E-state index is 5.25. The standard InChI is InChI=1S/C47H31N3S/c1-47(2)35-22-12-9-19-31(35)41-42(47)44-39(40-33-21-11-14-24-38(33)51-45(40)41)32-20-10-13-23-37(32)50(44)30-25-26-36-34(27-30)43(28-15-5-3-6-16-28)49-46(48-36)29-17-7-4-8-18-29/h3-27H,1-2H3. The summed E-state index contributed by atoms with van der Waals surface area (Å²) in [6.45, 7) is 4.82. The van der Waals surface area contributed by atoms with Gasteiger partial charge in [0.05, 0.1) is 22.2 Å². The zero-order valence-corrected chi connectivity index (χ0v) is 29.0. The lowest BCUT2D eigenvalue weighted by Crippen LogP contribution is -2.16. The maximum Gasteiger partial charge on any atom is 0.160 e. The summed E-state index contributed by atoms with van der Waals surface area (Å²) < 4.78 is 5.24. The fourth-order valence-electron chi connectivity index (χ4n) is 8.73. The second-order valence-electron chi connectivity index (χ2n) is 14.1. The third-order valence-electron chi connectivity index (χ3n) is 10.9. The molecular formula is C47H31N3S. The number of fused-ring (bicyclic) bond motifs is 13. The van der Waals surface area contributed by atoms with Crippen molar-refractivity contribution in [2.45, 2.75) is 19.3 Å². The molecule has 0 bridgehead atoms. The van der Waals surface area contributed by atoms with Crippen molar-refractivity contribution in [2.24, 2.45) is 0 Å². The van der Waals surface area contributed by atoms with Crippen LogP contribution in [-0.4, -0.2) is 14.5 Å². The molecule has 0 aliphatic heterocycles. The van der Waals surface area contributed by atoms with Crippen molar-refractivity contribution in [1.82, 2.24) is 14.5 Å². The van der Waals surface area contributed by atoms with Crippen molar-refractivity contribution in [3.8, 4) is 39.5 Å². The molecule has 0 atom stereocenters. The molecule has 240 valence electrons. The van der Waals surface area contributed by atoms with Gasteiger partial charge < -0.3 is 4.57 Å². The number of thiophene rings is 1. The zero-order chi connectivity index (χ0) is 33.8. The molecule has 11 rings (SSSR count). The first-order chi connectivity index (χ1) is 25.1. The molecule has 0 saturated carbocycles. The fraction of sp³-hybridized carbons (Fsp3) is 0.0638. The van der Waals surface area contributed by atoms with E-state index in [1.165, 1.54) is 64.2 Å². The normalized spacial score (nSPS) is 13.5. The van der Waals surface area contributed by atoms with Gasteiger partial charge in [-0.2, -0.15) is 0 Å². The summed E-state index contributed by atoms with van der Waals surface area (Å²) in [4.78, 5) is 10.4. The first-order valence-electron chi connectivity index (χ1n) is 17.5. The Morgan fingerprint density at radius 2 is 1.27 bits per heavy atom. The predicted octanol–water partition coefficient (Wildman–Crippen LogP) is 12.7. The molecule has 4 heteroatoms. The Morgan fingerprint density at radius 3 is 2.10 bits per heavy atom. The number of rotatable bonds is 3. The van der Waals surface area contributed by atoms with Gasteiger partial charge in [-0.3, -0.25) is 0 Å². The van der Waals surface area contributed by atoms with Gasteiger partial charge in [-0.05, 0) is 47.0 Å². The van der Waals surface area contributed by atoms with Gasteiger partial charge in [-0.15, -0.1) is 11.3 Å². The van der Waals surface area contributed by atoms with Crippen LogP contribution in [0.4, 0.5) is 0 Å². The van der Waals surface area contributed by atoms with Crippen molar-refractivity contribution in [1.29, 1.82) is 0 Å². The molecule has 7 aromatic carbocycles. The van der Waals surface area contributed by atoms with Crippen LogP contribution in [-0.2, 0) is 5.41 Å². The van der Waals surface area contributed by atoms with Crippen LogP contribution in [0.15, 0.2) is 152 Å². The second-order valence-corrected chi connectivity index (χ2v) is 15.2. The quantitative estimate of drug-likeness (QED) is 0.187.